The number of carbonyl (C=O) groups excluding carboxylic acids is 1. The van der Waals surface area contributed by atoms with Crippen LogP contribution in [0.15, 0.2) is 24.5 Å². The van der Waals surface area contributed by atoms with Crippen LogP contribution in [0.3, 0.4) is 0 Å². The fourth-order valence-corrected chi connectivity index (χ4v) is 1.14. The molecule has 0 aromatic carbocycles. The second kappa shape index (κ2) is 6.81. The highest BCUT2D eigenvalue weighted by molar-refractivity contribution is 5.76. The van der Waals surface area contributed by atoms with Crippen LogP contribution >= 0.6 is 0 Å². The predicted octanol–water partition coefficient (Wildman–Crippen LogP) is 1.41. The molecule has 0 spiro atoms. The fourth-order valence-electron chi connectivity index (χ4n) is 1.14. The van der Waals surface area contributed by atoms with Crippen molar-refractivity contribution in [1.29, 1.82) is 0 Å². The van der Waals surface area contributed by atoms with E-state index in [9.17, 15) is 4.79 Å². The Hall–Kier alpha value is -1.58. The molecule has 1 heterocycles. The maximum absolute atomic E-state index is 11.2. The van der Waals surface area contributed by atoms with Gasteiger partial charge < -0.3 is 10.6 Å². The van der Waals surface area contributed by atoms with Crippen molar-refractivity contribution in [2.75, 3.05) is 18.4 Å². The van der Waals surface area contributed by atoms with Gasteiger partial charge in [0.25, 0.3) is 0 Å². The minimum Gasteiger partial charge on any atom is -0.384 e. The molecule has 0 saturated heterocycles. The zero-order valence-electron chi connectivity index (χ0n) is 8.99. The highest BCUT2D eigenvalue weighted by Gasteiger charge is 1.98. The topological polar surface area (TPSA) is 54.0 Å². The number of rotatable bonds is 6. The first-order valence-electron chi connectivity index (χ1n) is 5.23. The zero-order valence-corrected chi connectivity index (χ0v) is 8.99. The molecule has 1 amide bonds. The number of anilines is 1. The average molecular weight is 207 g/mol. The van der Waals surface area contributed by atoms with Crippen LogP contribution in [0, 0.1) is 0 Å². The Kier molecular flexibility index (Phi) is 5.22. The van der Waals surface area contributed by atoms with Gasteiger partial charge in [0.2, 0.25) is 5.91 Å². The first-order valence-corrected chi connectivity index (χ1v) is 5.23. The molecule has 1 aromatic rings. The van der Waals surface area contributed by atoms with Crippen LogP contribution < -0.4 is 10.6 Å². The van der Waals surface area contributed by atoms with Gasteiger partial charge in [0, 0.05) is 37.6 Å². The van der Waals surface area contributed by atoms with Gasteiger partial charge in [-0.2, -0.15) is 0 Å². The highest BCUT2D eigenvalue weighted by atomic mass is 16.1. The molecule has 0 saturated carbocycles. The summed E-state index contributed by atoms with van der Waals surface area (Å²) < 4.78 is 0. The van der Waals surface area contributed by atoms with Crippen LogP contribution in [0.2, 0.25) is 0 Å². The highest BCUT2D eigenvalue weighted by Crippen LogP contribution is 2.02. The molecule has 0 aliphatic rings. The lowest BCUT2D eigenvalue weighted by Crippen LogP contribution is -2.25. The largest absolute Gasteiger partial charge is 0.384 e. The molecule has 0 aliphatic heterocycles. The van der Waals surface area contributed by atoms with Gasteiger partial charge >= 0.3 is 0 Å². The molecule has 0 atom stereocenters. The Morgan fingerprint density at radius 1 is 1.33 bits per heavy atom. The Morgan fingerprint density at radius 3 is 2.73 bits per heavy atom. The van der Waals surface area contributed by atoms with Crippen molar-refractivity contribution in [3.05, 3.63) is 24.5 Å². The van der Waals surface area contributed by atoms with Gasteiger partial charge in [-0.05, 0) is 18.6 Å². The van der Waals surface area contributed by atoms with Gasteiger partial charge in [-0.15, -0.1) is 0 Å². The van der Waals surface area contributed by atoms with Crippen molar-refractivity contribution >= 4 is 11.6 Å². The summed E-state index contributed by atoms with van der Waals surface area (Å²) in [5, 5.41) is 5.98. The number of pyridine rings is 1. The third kappa shape index (κ3) is 5.00. The van der Waals surface area contributed by atoms with Gasteiger partial charge in [-0.25, -0.2) is 0 Å². The van der Waals surface area contributed by atoms with Crippen molar-refractivity contribution in [2.24, 2.45) is 0 Å². The Balaban J connectivity index is 2.14. The molecule has 0 bridgehead atoms. The number of nitrogens with one attached hydrogen (secondary N) is 2. The normalized spacial score (nSPS) is 9.67. The zero-order chi connectivity index (χ0) is 10.9. The lowest BCUT2D eigenvalue weighted by Gasteiger charge is -2.06. The Labute approximate surface area is 90.1 Å². The summed E-state index contributed by atoms with van der Waals surface area (Å²) in [5.74, 6) is 0.0957. The summed E-state index contributed by atoms with van der Waals surface area (Å²) in [6, 6.07) is 3.76. The predicted molar refractivity (Wildman–Crippen MR) is 60.6 cm³/mol. The first kappa shape index (κ1) is 11.5. The van der Waals surface area contributed by atoms with E-state index in [-0.39, 0.29) is 5.91 Å². The summed E-state index contributed by atoms with van der Waals surface area (Å²) >= 11 is 0. The van der Waals surface area contributed by atoms with Crippen LogP contribution in [0.4, 0.5) is 5.69 Å². The number of amides is 1. The van der Waals surface area contributed by atoms with Crippen LogP contribution in [0.25, 0.3) is 0 Å². The third-order valence-electron chi connectivity index (χ3n) is 1.93. The molecule has 0 fully saturated rings. The SMILES string of the molecule is CCCNC(=O)CCNc1ccncc1. The van der Waals surface area contributed by atoms with E-state index in [1.807, 2.05) is 19.1 Å². The summed E-state index contributed by atoms with van der Waals surface area (Å²) in [5.41, 5.74) is 0.994. The van der Waals surface area contributed by atoms with Crippen molar-refractivity contribution < 1.29 is 4.79 Å². The molecule has 0 aliphatic carbocycles. The summed E-state index contributed by atoms with van der Waals surface area (Å²) in [4.78, 5) is 15.1. The van der Waals surface area contributed by atoms with Crippen LogP contribution in [-0.4, -0.2) is 24.0 Å². The second-order valence-electron chi connectivity index (χ2n) is 3.26. The Bertz CT molecular complexity index is 287. The second-order valence-corrected chi connectivity index (χ2v) is 3.26. The number of aromatic nitrogens is 1. The molecule has 4 nitrogen and oxygen atoms in total. The lowest BCUT2D eigenvalue weighted by molar-refractivity contribution is -0.120. The molecule has 15 heavy (non-hydrogen) atoms. The maximum atomic E-state index is 11.2. The first-order chi connectivity index (χ1) is 7.33. The van der Waals surface area contributed by atoms with E-state index in [1.165, 1.54) is 0 Å². The van der Waals surface area contributed by atoms with Crippen molar-refractivity contribution in [2.45, 2.75) is 19.8 Å². The molecular formula is C11H17N3O. The van der Waals surface area contributed by atoms with E-state index < -0.39 is 0 Å². The van der Waals surface area contributed by atoms with E-state index in [0.717, 1.165) is 18.7 Å². The molecule has 2 N–H and O–H groups in total. The summed E-state index contributed by atoms with van der Waals surface area (Å²) in [6.07, 6.45) is 4.92. The molecule has 1 rings (SSSR count). The van der Waals surface area contributed by atoms with E-state index in [0.29, 0.717) is 13.0 Å². The number of hydrogen-bond acceptors (Lipinski definition) is 3. The minimum absolute atomic E-state index is 0.0957. The molecular weight excluding hydrogens is 190 g/mol. The summed E-state index contributed by atoms with van der Waals surface area (Å²) in [6.45, 7) is 3.45. The van der Waals surface area contributed by atoms with Crippen molar-refractivity contribution in [3.8, 4) is 0 Å². The van der Waals surface area contributed by atoms with Gasteiger partial charge in [-0.1, -0.05) is 6.92 Å². The van der Waals surface area contributed by atoms with Crippen molar-refractivity contribution in [1.82, 2.24) is 10.3 Å². The van der Waals surface area contributed by atoms with Gasteiger partial charge in [0.15, 0.2) is 0 Å². The fraction of sp³-hybridized carbons (Fsp3) is 0.455. The standard InChI is InChI=1S/C11H17N3O/c1-2-6-14-11(15)5-9-13-10-3-7-12-8-4-10/h3-4,7-8H,2,5-6,9H2,1H3,(H,12,13)(H,14,15). The Morgan fingerprint density at radius 2 is 2.07 bits per heavy atom. The summed E-state index contributed by atoms with van der Waals surface area (Å²) in [7, 11) is 0. The lowest BCUT2D eigenvalue weighted by atomic mass is 10.3. The van der Waals surface area contributed by atoms with Gasteiger partial charge in [0.05, 0.1) is 0 Å². The molecule has 1 aromatic heterocycles. The number of nitrogens with zero attached hydrogens (tertiary/aromatic N) is 1. The smallest absolute Gasteiger partial charge is 0.221 e. The molecule has 82 valence electrons. The van der Waals surface area contributed by atoms with E-state index in [1.54, 1.807) is 12.4 Å². The van der Waals surface area contributed by atoms with Gasteiger partial charge in [0.1, 0.15) is 0 Å². The molecule has 0 radical (unpaired) electrons. The average Bonchev–Trinajstić information content (AvgIpc) is 2.28. The maximum Gasteiger partial charge on any atom is 0.221 e. The molecule has 0 unspecified atom stereocenters. The third-order valence-corrected chi connectivity index (χ3v) is 1.93. The van der Waals surface area contributed by atoms with Crippen LogP contribution in [0.5, 0.6) is 0 Å². The minimum atomic E-state index is 0.0957. The van der Waals surface area contributed by atoms with E-state index >= 15 is 0 Å². The monoisotopic (exact) mass is 207 g/mol. The van der Waals surface area contributed by atoms with E-state index in [2.05, 4.69) is 15.6 Å². The number of hydrogen-bond donors (Lipinski definition) is 2. The number of carbonyl (C=O) groups is 1. The van der Waals surface area contributed by atoms with Crippen LogP contribution in [-0.2, 0) is 4.79 Å². The quantitative estimate of drug-likeness (QED) is 0.741. The van der Waals surface area contributed by atoms with Crippen molar-refractivity contribution in [3.63, 3.8) is 0 Å². The van der Waals surface area contributed by atoms with Crippen LogP contribution in [0.1, 0.15) is 19.8 Å². The molecule has 4 heteroatoms. The van der Waals surface area contributed by atoms with Gasteiger partial charge in [-0.3, -0.25) is 9.78 Å². The van der Waals surface area contributed by atoms with E-state index in [4.69, 9.17) is 0 Å².